The summed E-state index contributed by atoms with van der Waals surface area (Å²) in [6.07, 6.45) is 0. The number of nitrogens with zero attached hydrogens (tertiary/aromatic N) is 2. The number of aryl methyl sites for hydroxylation is 1. The predicted octanol–water partition coefficient (Wildman–Crippen LogP) is 3.95. The van der Waals surface area contributed by atoms with Crippen LogP contribution in [-0.4, -0.2) is 27.2 Å². The predicted molar refractivity (Wildman–Crippen MR) is 130 cm³/mol. The van der Waals surface area contributed by atoms with Crippen LogP contribution in [-0.2, 0) is 11.3 Å². The summed E-state index contributed by atoms with van der Waals surface area (Å²) < 4.78 is 15.5. The summed E-state index contributed by atoms with van der Waals surface area (Å²) in [6, 6.07) is 19.9. The molecule has 1 heterocycles. The van der Waals surface area contributed by atoms with Crippen molar-refractivity contribution in [3.8, 4) is 5.69 Å². The molecule has 0 saturated heterocycles. The molecule has 1 aromatic heterocycles. The van der Waals surface area contributed by atoms with Gasteiger partial charge in [-0.3, -0.25) is 19.5 Å². The number of thioether (sulfide) groups is 1. The van der Waals surface area contributed by atoms with Crippen LogP contribution >= 0.6 is 11.8 Å². The highest BCUT2D eigenvalue weighted by Gasteiger charge is 2.16. The van der Waals surface area contributed by atoms with Crippen LogP contribution < -0.4 is 16.2 Å². The van der Waals surface area contributed by atoms with Crippen molar-refractivity contribution in [3.05, 3.63) is 100 Å². The highest BCUT2D eigenvalue weighted by molar-refractivity contribution is 7.99. The van der Waals surface area contributed by atoms with Crippen molar-refractivity contribution < 1.29 is 14.0 Å². The smallest absolute Gasteiger partial charge is 0.321 e. The summed E-state index contributed by atoms with van der Waals surface area (Å²) in [4.78, 5) is 42.2. The van der Waals surface area contributed by atoms with Crippen molar-refractivity contribution >= 4 is 34.6 Å². The number of halogens is 1. The van der Waals surface area contributed by atoms with Gasteiger partial charge in [-0.15, -0.1) is 0 Å². The van der Waals surface area contributed by atoms with Gasteiger partial charge in [-0.2, -0.15) is 0 Å². The summed E-state index contributed by atoms with van der Waals surface area (Å²) in [6.45, 7) is 1.90. The van der Waals surface area contributed by atoms with Gasteiger partial charge in [0.1, 0.15) is 5.82 Å². The van der Waals surface area contributed by atoms with Gasteiger partial charge in [-0.25, -0.2) is 14.2 Å². The lowest BCUT2D eigenvalue weighted by molar-refractivity contribution is -0.117. The van der Waals surface area contributed by atoms with E-state index in [1.807, 2.05) is 30.3 Å². The molecule has 9 heteroatoms. The molecule has 0 atom stereocenters. The average molecular weight is 477 g/mol. The minimum atomic E-state index is -0.626. The molecular weight excluding hydrogens is 455 g/mol. The molecule has 34 heavy (non-hydrogen) atoms. The summed E-state index contributed by atoms with van der Waals surface area (Å²) in [5.41, 5.74) is 1.72. The molecule has 0 fully saturated rings. The van der Waals surface area contributed by atoms with Gasteiger partial charge in [0.15, 0.2) is 5.16 Å². The molecule has 4 rings (SSSR count). The molecule has 2 N–H and O–H groups in total. The number of hydrogen-bond donors (Lipinski definition) is 2. The van der Waals surface area contributed by atoms with E-state index < -0.39 is 17.8 Å². The molecule has 4 aromatic rings. The fourth-order valence-electron chi connectivity index (χ4n) is 3.27. The first-order valence-electron chi connectivity index (χ1n) is 10.4. The maximum Gasteiger partial charge on any atom is 0.321 e. The topological polar surface area (TPSA) is 93.1 Å². The van der Waals surface area contributed by atoms with E-state index in [0.29, 0.717) is 22.2 Å². The molecule has 0 radical (unpaired) electrons. The third kappa shape index (κ3) is 5.32. The first kappa shape index (κ1) is 23.2. The monoisotopic (exact) mass is 476 g/mol. The van der Waals surface area contributed by atoms with Crippen LogP contribution in [0.4, 0.5) is 9.18 Å². The summed E-state index contributed by atoms with van der Waals surface area (Å²) in [7, 11) is 0. The van der Waals surface area contributed by atoms with Crippen LogP contribution in [0.2, 0.25) is 0 Å². The Morgan fingerprint density at radius 2 is 1.76 bits per heavy atom. The van der Waals surface area contributed by atoms with E-state index >= 15 is 0 Å². The van der Waals surface area contributed by atoms with E-state index in [4.69, 9.17) is 0 Å². The van der Waals surface area contributed by atoms with Crippen LogP contribution in [0.25, 0.3) is 16.6 Å². The summed E-state index contributed by atoms with van der Waals surface area (Å²) in [5, 5.41) is 5.47. The number of carbonyl (C=O) groups is 2. The van der Waals surface area contributed by atoms with Crippen molar-refractivity contribution in [2.24, 2.45) is 0 Å². The number of urea groups is 1. The third-order valence-electron chi connectivity index (χ3n) is 5.04. The maximum atomic E-state index is 14.2. The van der Waals surface area contributed by atoms with Crippen molar-refractivity contribution in [3.63, 3.8) is 0 Å². The number of rotatable bonds is 6. The number of fused-ring (bicyclic) bond motifs is 1. The average Bonchev–Trinajstić information content (AvgIpc) is 2.84. The number of imide groups is 1. The van der Waals surface area contributed by atoms with Crippen LogP contribution in [0.3, 0.4) is 0 Å². The Morgan fingerprint density at radius 1 is 1.03 bits per heavy atom. The Kier molecular flexibility index (Phi) is 7.03. The molecule has 3 amide bonds. The van der Waals surface area contributed by atoms with Crippen molar-refractivity contribution in [2.45, 2.75) is 18.6 Å². The fourth-order valence-corrected chi connectivity index (χ4v) is 4.09. The molecule has 3 aromatic carbocycles. The Bertz CT molecular complexity index is 1420. The number of aromatic nitrogens is 2. The van der Waals surface area contributed by atoms with Gasteiger partial charge < -0.3 is 5.32 Å². The molecule has 0 aliphatic rings. The molecule has 172 valence electrons. The van der Waals surface area contributed by atoms with Crippen molar-refractivity contribution in [1.82, 2.24) is 20.2 Å². The quantitative estimate of drug-likeness (QED) is 0.325. The zero-order valence-corrected chi connectivity index (χ0v) is 19.1. The Hall–Kier alpha value is -3.98. The Morgan fingerprint density at radius 3 is 2.53 bits per heavy atom. The lowest BCUT2D eigenvalue weighted by Crippen LogP contribution is -2.40. The standard InChI is InChI=1S/C25H21FN4O3S/c1-16-11-12-18(13-20(16)26)30-23(32)19-9-5-6-10-21(19)28-25(30)34-15-22(31)29-24(33)27-14-17-7-3-2-4-8-17/h2-13H,14-15H2,1H3,(H2,27,29,31,33). The number of hydrogen-bond acceptors (Lipinski definition) is 5. The van der Waals surface area contributed by atoms with E-state index in [9.17, 15) is 18.8 Å². The Labute approximate surface area is 199 Å². The van der Waals surface area contributed by atoms with Crippen LogP contribution in [0.1, 0.15) is 11.1 Å². The van der Waals surface area contributed by atoms with E-state index in [-0.39, 0.29) is 23.0 Å². The number of benzene rings is 3. The first-order chi connectivity index (χ1) is 16.4. The second-order valence-electron chi connectivity index (χ2n) is 7.49. The molecule has 0 spiro atoms. The first-order valence-corrected chi connectivity index (χ1v) is 11.4. The maximum absolute atomic E-state index is 14.2. The zero-order valence-electron chi connectivity index (χ0n) is 18.2. The van der Waals surface area contributed by atoms with Crippen LogP contribution in [0.15, 0.2) is 82.7 Å². The number of amides is 3. The van der Waals surface area contributed by atoms with E-state index in [0.717, 1.165) is 17.3 Å². The minimum Gasteiger partial charge on any atom is -0.334 e. The van der Waals surface area contributed by atoms with Gasteiger partial charge in [0.25, 0.3) is 5.56 Å². The largest absolute Gasteiger partial charge is 0.334 e. The highest BCUT2D eigenvalue weighted by Crippen LogP contribution is 2.22. The van der Waals surface area contributed by atoms with Gasteiger partial charge in [0.2, 0.25) is 5.91 Å². The second kappa shape index (κ2) is 10.3. The highest BCUT2D eigenvalue weighted by atomic mass is 32.2. The van der Waals surface area contributed by atoms with Crippen LogP contribution in [0, 0.1) is 12.7 Å². The van der Waals surface area contributed by atoms with Gasteiger partial charge >= 0.3 is 6.03 Å². The molecule has 0 aliphatic carbocycles. The minimum absolute atomic E-state index is 0.169. The van der Waals surface area contributed by atoms with Gasteiger partial charge in [0.05, 0.1) is 22.3 Å². The molecule has 0 saturated carbocycles. The molecule has 7 nitrogen and oxygen atoms in total. The van der Waals surface area contributed by atoms with E-state index in [1.165, 1.54) is 10.6 Å². The molecule has 0 unspecified atom stereocenters. The number of carbonyl (C=O) groups excluding carboxylic acids is 2. The Balaban J connectivity index is 1.52. The van der Waals surface area contributed by atoms with Gasteiger partial charge in [-0.05, 0) is 42.3 Å². The van der Waals surface area contributed by atoms with E-state index in [2.05, 4.69) is 15.6 Å². The summed E-state index contributed by atoms with van der Waals surface area (Å²) in [5.74, 6) is -1.18. The lowest BCUT2D eigenvalue weighted by Gasteiger charge is -2.14. The lowest BCUT2D eigenvalue weighted by atomic mass is 10.2. The number of nitrogens with one attached hydrogen (secondary N) is 2. The van der Waals surface area contributed by atoms with Crippen molar-refractivity contribution in [2.75, 3.05) is 5.75 Å². The zero-order chi connectivity index (χ0) is 24.1. The normalized spacial score (nSPS) is 10.8. The second-order valence-corrected chi connectivity index (χ2v) is 8.43. The third-order valence-corrected chi connectivity index (χ3v) is 5.98. The SMILES string of the molecule is Cc1ccc(-n2c(SCC(=O)NC(=O)NCc3ccccc3)nc3ccccc3c2=O)cc1F. The number of para-hydroxylation sites is 1. The van der Waals surface area contributed by atoms with Crippen molar-refractivity contribution in [1.29, 1.82) is 0 Å². The molecule has 0 bridgehead atoms. The van der Waals surface area contributed by atoms with E-state index in [1.54, 1.807) is 43.3 Å². The van der Waals surface area contributed by atoms with Gasteiger partial charge in [-0.1, -0.05) is 60.3 Å². The fraction of sp³-hybridized carbons (Fsp3) is 0.120. The molecular formula is C25H21FN4O3S. The van der Waals surface area contributed by atoms with Crippen LogP contribution in [0.5, 0.6) is 0 Å². The molecule has 0 aliphatic heterocycles. The summed E-state index contributed by atoms with van der Waals surface area (Å²) >= 11 is 0.983. The van der Waals surface area contributed by atoms with Gasteiger partial charge in [0, 0.05) is 6.54 Å².